The number of carbonyl (C=O) groups is 1. The Morgan fingerprint density at radius 3 is 2.37 bits per heavy atom. The van der Waals surface area contributed by atoms with Crippen LogP contribution in [0.3, 0.4) is 0 Å². The molecule has 0 aliphatic heterocycles. The Bertz CT molecular complexity index is 614. The first-order valence-corrected chi connectivity index (χ1v) is 6.26. The number of hydrogen-bond donors (Lipinski definition) is 1. The summed E-state index contributed by atoms with van der Waals surface area (Å²) >= 11 is 0. The molecule has 0 unspecified atom stereocenters. The molecule has 2 aromatic carbocycles. The monoisotopic (exact) mass is 251 g/mol. The third kappa shape index (κ3) is 3.81. The van der Waals surface area contributed by atoms with Gasteiger partial charge in [0.25, 0.3) is 0 Å². The van der Waals surface area contributed by atoms with E-state index in [0.717, 1.165) is 11.3 Å². The number of rotatable bonds is 4. The molecule has 0 amide bonds. The van der Waals surface area contributed by atoms with Crippen LogP contribution in [0.5, 0.6) is 0 Å². The molecule has 19 heavy (non-hydrogen) atoms. The van der Waals surface area contributed by atoms with Crippen LogP contribution >= 0.6 is 0 Å². The second-order valence-corrected chi connectivity index (χ2v) is 4.58. The first-order chi connectivity index (χ1) is 9.15. The van der Waals surface area contributed by atoms with E-state index in [9.17, 15) is 4.79 Å². The molecule has 0 aromatic heterocycles. The molecule has 0 spiro atoms. The Labute approximate surface area is 113 Å². The molecular formula is C17H17NO. The zero-order valence-corrected chi connectivity index (χ0v) is 11.2. The highest BCUT2D eigenvalue weighted by molar-refractivity contribution is 6.04. The van der Waals surface area contributed by atoms with E-state index in [4.69, 9.17) is 0 Å². The van der Waals surface area contributed by atoms with Gasteiger partial charge in [0.15, 0.2) is 5.78 Å². The van der Waals surface area contributed by atoms with E-state index < -0.39 is 0 Å². The van der Waals surface area contributed by atoms with Crippen LogP contribution in [0.1, 0.15) is 21.5 Å². The van der Waals surface area contributed by atoms with Gasteiger partial charge in [0.2, 0.25) is 0 Å². The minimum absolute atomic E-state index is 0.00357. The van der Waals surface area contributed by atoms with Crippen molar-refractivity contribution in [1.82, 2.24) is 0 Å². The van der Waals surface area contributed by atoms with Gasteiger partial charge in [-0.05, 0) is 37.6 Å². The molecule has 0 bridgehead atoms. The highest BCUT2D eigenvalue weighted by Crippen LogP contribution is 2.10. The zero-order valence-electron chi connectivity index (χ0n) is 11.2. The molecule has 96 valence electrons. The summed E-state index contributed by atoms with van der Waals surface area (Å²) < 4.78 is 0. The zero-order chi connectivity index (χ0) is 13.7. The Hall–Kier alpha value is -2.35. The van der Waals surface area contributed by atoms with Gasteiger partial charge in [0.05, 0.1) is 0 Å². The van der Waals surface area contributed by atoms with E-state index in [1.807, 2.05) is 62.4 Å². The van der Waals surface area contributed by atoms with Gasteiger partial charge in [0, 0.05) is 23.5 Å². The van der Waals surface area contributed by atoms with Crippen molar-refractivity contribution in [3.05, 3.63) is 77.5 Å². The van der Waals surface area contributed by atoms with Gasteiger partial charge >= 0.3 is 0 Å². The maximum atomic E-state index is 11.9. The largest absolute Gasteiger partial charge is 0.362 e. The molecular weight excluding hydrogens is 234 g/mol. The predicted molar refractivity (Wildman–Crippen MR) is 79.5 cm³/mol. The van der Waals surface area contributed by atoms with Crippen molar-refractivity contribution in [2.75, 3.05) is 5.32 Å². The van der Waals surface area contributed by atoms with Crippen molar-refractivity contribution >= 4 is 11.5 Å². The van der Waals surface area contributed by atoms with Crippen LogP contribution in [-0.4, -0.2) is 5.78 Å². The lowest BCUT2D eigenvalue weighted by Gasteiger charge is -2.01. The molecule has 2 rings (SSSR count). The smallest absolute Gasteiger partial charge is 0.187 e. The van der Waals surface area contributed by atoms with Crippen LogP contribution in [0.2, 0.25) is 0 Å². The summed E-state index contributed by atoms with van der Waals surface area (Å²) in [5.74, 6) is 0.00357. The minimum Gasteiger partial charge on any atom is -0.362 e. The second-order valence-electron chi connectivity index (χ2n) is 4.58. The fraction of sp³-hybridized carbons (Fsp3) is 0.118. The number of aryl methyl sites for hydroxylation is 2. The van der Waals surface area contributed by atoms with E-state index in [0.29, 0.717) is 5.56 Å². The Morgan fingerprint density at radius 2 is 1.68 bits per heavy atom. The average Bonchev–Trinajstić information content (AvgIpc) is 2.38. The van der Waals surface area contributed by atoms with Gasteiger partial charge in [-0.15, -0.1) is 0 Å². The first-order valence-electron chi connectivity index (χ1n) is 6.26. The summed E-state index contributed by atoms with van der Waals surface area (Å²) in [7, 11) is 0. The maximum absolute atomic E-state index is 11.9. The van der Waals surface area contributed by atoms with E-state index in [1.165, 1.54) is 5.56 Å². The molecule has 0 saturated heterocycles. The molecule has 0 fully saturated rings. The average molecular weight is 251 g/mol. The van der Waals surface area contributed by atoms with E-state index in [-0.39, 0.29) is 5.78 Å². The highest BCUT2D eigenvalue weighted by Gasteiger charge is 2.00. The highest BCUT2D eigenvalue weighted by atomic mass is 16.1. The van der Waals surface area contributed by atoms with Crippen LogP contribution in [0.4, 0.5) is 5.69 Å². The number of ketones is 1. The molecule has 0 heterocycles. The molecule has 2 nitrogen and oxygen atoms in total. The van der Waals surface area contributed by atoms with Crippen molar-refractivity contribution in [1.29, 1.82) is 0 Å². The number of benzene rings is 2. The molecule has 1 N–H and O–H groups in total. The summed E-state index contributed by atoms with van der Waals surface area (Å²) in [4.78, 5) is 11.9. The number of anilines is 1. The quantitative estimate of drug-likeness (QED) is 0.654. The molecule has 0 aliphatic rings. The van der Waals surface area contributed by atoms with Crippen molar-refractivity contribution in [2.45, 2.75) is 13.8 Å². The maximum Gasteiger partial charge on any atom is 0.187 e. The van der Waals surface area contributed by atoms with E-state index in [2.05, 4.69) is 5.32 Å². The van der Waals surface area contributed by atoms with Crippen molar-refractivity contribution in [2.24, 2.45) is 0 Å². The second kappa shape index (κ2) is 6.01. The standard InChI is InChI=1S/C17H17NO/c1-13-5-3-7-15(11-13)17(19)9-10-18-16-8-4-6-14(2)12-16/h3-12,18H,1-2H3/b10-9-. The van der Waals surface area contributed by atoms with Crippen molar-refractivity contribution in [3.63, 3.8) is 0 Å². The van der Waals surface area contributed by atoms with Crippen LogP contribution in [0, 0.1) is 13.8 Å². The third-order valence-electron chi connectivity index (χ3n) is 2.81. The summed E-state index contributed by atoms with van der Waals surface area (Å²) in [6.45, 7) is 4.01. The fourth-order valence-electron chi connectivity index (χ4n) is 1.84. The third-order valence-corrected chi connectivity index (χ3v) is 2.81. The van der Waals surface area contributed by atoms with Gasteiger partial charge in [-0.1, -0.05) is 35.9 Å². The van der Waals surface area contributed by atoms with Crippen molar-refractivity contribution < 1.29 is 4.79 Å². The summed E-state index contributed by atoms with van der Waals surface area (Å²) in [6.07, 6.45) is 3.23. The topological polar surface area (TPSA) is 29.1 Å². The van der Waals surface area contributed by atoms with E-state index >= 15 is 0 Å². The first kappa shape index (κ1) is 13.1. The summed E-state index contributed by atoms with van der Waals surface area (Å²) in [6, 6.07) is 15.6. The van der Waals surface area contributed by atoms with Crippen LogP contribution in [0.15, 0.2) is 60.8 Å². The number of carbonyl (C=O) groups excluding carboxylic acids is 1. The fourth-order valence-corrected chi connectivity index (χ4v) is 1.84. The van der Waals surface area contributed by atoms with Gasteiger partial charge < -0.3 is 5.32 Å². The summed E-state index contributed by atoms with van der Waals surface area (Å²) in [5.41, 5.74) is 3.96. The SMILES string of the molecule is Cc1cccc(N/C=C\C(=O)c2cccc(C)c2)c1. The lowest BCUT2D eigenvalue weighted by molar-refractivity contribution is 0.104. The summed E-state index contributed by atoms with van der Waals surface area (Å²) in [5, 5.41) is 3.10. The molecule has 2 heteroatoms. The molecule has 0 aliphatic carbocycles. The van der Waals surface area contributed by atoms with Gasteiger partial charge in [-0.25, -0.2) is 0 Å². The Kier molecular flexibility index (Phi) is 4.14. The number of hydrogen-bond acceptors (Lipinski definition) is 2. The van der Waals surface area contributed by atoms with Gasteiger partial charge in [-0.2, -0.15) is 0 Å². The minimum atomic E-state index is 0.00357. The molecule has 0 saturated carbocycles. The van der Waals surface area contributed by atoms with Crippen LogP contribution < -0.4 is 5.32 Å². The normalized spacial score (nSPS) is 10.6. The molecule has 2 aromatic rings. The van der Waals surface area contributed by atoms with Crippen LogP contribution in [-0.2, 0) is 0 Å². The van der Waals surface area contributed by atoms with Crippen LogP contribution in [0.25, 0.3) is 0 Å². The Balaban J connectivity index is 2.01. The number of allylic oxidation sites excluding steroid dienone is 1. The van der Waals surface area contributed by atoms with Gasteiger partial charge in [0.1, 0.15) is 0 Å². The lowest BCUT2D eigenvalue weighted by Crippen LogP contribution is -1.96. The lowest BCUT2D eigenvalue weighted by atomic mass is 10.1. The van der Waals surface area contributed by atoms with Crippen molar-refractivity contribution in [3.8, 4) is 0 Å². The Morgan fingerprint density at radius 1 is 1.00 bits per heavy atom. The number of nitrogens with one attached hydrogen (secondary N) is 1. The van der Waals surface area contributed by atoms with Gasteiger partial charge in [-0.3, -0.25) is 4.79 Å². The molecule has 0 atom stereocenters. The molecule has 0 radical (unpaired) electrons. The van der Waals surface area contributed by atoms with E-state index in [1.54, 1.807) is 12.3 Å². The predicted octanol–water partition coefficient (Wildman–Crippen LogP) is 4.11.